The van der Waals surface area contributed by atoms with Crippen LogP contribution in [0.25, 0.3) is 11.3 Å². The zero-order valence-electron chi connectivity index (χ0n) is 22.6. The van der Waals surface area contributed by atoms with Gasteiger partial charge in [-0.1, -0.05) is 23.2 Å². The summed E-state index contributed by atoms with van der Waals surface area (Å²) in [4.78, 5) is 21.9. The lowest BCUT2D eigenvalue weighted by Gasteiger charge is -2.36. The first-order valence-electron chi connectivity index (χ1n) is 12.6. The number of carbonyl (C=O) groups excluding carboxylic acids is 1. The number of anilines is 2. The minimum Gasteiger partial charge on any atom is -0.495 e. The first kappa shape index (κ1) is 29.4. The van der Waals surface area contributed by atoms with Crippen LogP contribution >= 0.6 is 23.2 Å². The van der Waals surface area contributed by atoms with Crippen LogP contribution < -0.4 is 25.4 Å². The van der Waals surface area contributed by atoms with Crippen molar-refractivity contribution in [2.75, 3.05) is 71.3 Å². The molecule has 4 rings (SSSR count). The lowest BCUT2D eigenvalue weighted by Crippen LogP contribution is -2.47. The van der Waals surface area contributed by atoms with Crippen LogP contribution in [0, 0.1) is 5.41 Å². The fourth-order valence-corrected chi connectivity index (χ4v) is 5.16. The molecule has 1 saturated heterocycles. The van der Waals surface area contributed by atoms with E-state index in [9.17, 15) is 4.79 Å². The summed E-state index contributed by atoms with van der Waals surface area (Å²) >= 11 is 13.0. The van der Waals surface area contributed by atoms with Gasteiger partial charge in [-0.2, -0.15) is 0 Å². The summed E-state index contributed by atoms with van der Waals surface area (Å²) < 4.78 is 15.8. The zero-order valence-corrected chi connectivity index (χ0v) is 24.1. The number of nitrogens with one attached hydrogen (secondary N) is 2. The Balaban J connectivity index is 1.43. The topological polar surface area (TPSA) is 126 Å². The highest BCUT2D eigenvalue weighted by molar-refractivity contribution is 6.41. The maximum absolute atomic E-state index is 12.9. The number of benzene rings is 2. The number of methoxy groups -OCH3 is 3. The quantitative estimate of drug-likeness (QED) is 0.252. The van der Waals surface area contributed by atoms with Crippen molar-refractivity contribution in [2.24, 2.45) is 0 Å². The molecule has 0 aliphatic carbocycles. The average Bonchev–Trinajstić information content (AvgIpc) is 2.96. The number of amides is 1. The molecule has 4 N–H and O–H groups in total. The molecule has 12 heteroatoms. The van der Waals surface area contributed by atoms with Gasteiger partial charge in [0.2, 0.25) is 0 Å². The Morgan fingerprint density at radius 3 is 2.17 bits per heavy atom. The predicted octanol–water partition coefficient (Wildman–Crippen LogP) is 4.18. The van der Waals surface area contributed by atoms with E-state index in [4.69, 9.17) is 48.6 Å². The Morgan fingerprint density at radius 2 is 1.62 bits per heavy atom. The number of ether oxygens (including phenoxy) is 3. The van der Waals surface area contributed by atoms with E-state index in [1.54, 1.807) is 37.4 Å². The lowest BCUT2D eigenvalue weighted by atomic mass is 10.1. The van der Waals surface area contributed by atoms with Crippen molar-refractivity contribution in [3.05, 3.63) is 63.6 Å². The number of piperazine rings is 1. The lowest BCUT2D eigenvalue weighted by molar-refractivity contribution is 0.0977. The van der Waals surface area contributed by atoms with Gasteiger partial charge in [0.1, 0.15) is 23.2 Å². The molecule has 1 aliphatic heterocycles. The number of rotatable bonds is 9. The van der Waals surface area contributed by atoms with Gasteiger partial charge in [0, 0.05) is 62.7 Å². The van der Waals surface area contributed by atoms with E-state index >= 15 is 0 Å². The summed E-state index contributed by atoms with van der Waals surface area (Å²) in [5, 5.41) is 11.5. The second-order valence-corrected chi connectivity index (χ2v) is 9.87. The van der Waals surface area contributed by atoms with E-state index < -0.39 is 5.91 Å². The van der Waals surface area contributed by atoms with Crippen LogP contribution in [0.15, 0.2) is 42.5 Å². The third kappa shape index (κ3) is 6.42. The SMILES string of the molecule is COCCN1CCN(c2ccc(C(=O)NC(=N)c3ccc(-c4c(Cl)c(OC)cc(OC)c4Cl)nc3N)cc2)CC1. The van der Waals surface area contributed by atoms with Crippen LogP contribution in [0.1, 0.15) is 15.9 Å². The highest BCUT2D eigenvalue weighted by atomic mass is 35.5. The Morgan fingerprint density at radius 1 is 1.00 bits per heavy atom. The molecular weight excluding hydrogens is 555 g/mol. The van der Waals surface area contributed by atoms with E-state index in [0.717, 1.165) is 45.0 Å². The zero-order chi connectivity index (χ0) is 28.8. The van der Waals surface area contributed by atoms with E-state index in [1.165, 1.54) is 14.2 Å². The van der Waals surface area contributed by atoms with Crippen LogP contribution in [-0.4, -0.2) is 82.3 Å². The van der Waals surface area contributed by atoms with E-state index in [1.807, 2.05) is 12.1 Å². The number of nitrogen functional groups attached to an aromatic ring is 1. The summed E-state index contributed by atoms with van der Waals surface area (Å²) in [6.45, 7) is 5.38. The number of aromatic nitrogens is 1. The molecule has 1 amide bonds. The summed E-state index contributed by atoms with van der Waals surface area (Å²) in [6.07, 6.45) is 0. The van der Waals surface area contributed by atoms with Crippen LogP contribution in [-0.2, 0) is 4.74 Å². The van der Waals surface area contributed by atoms with Crippen molar-refractivity contribution in [2.45, 2.75) is 0 Å². The Kier molecular flexibility index (Phi) is 9.70. The molecule has 0 bridgehead atoms. The molecule has 2 aromatic carbocycles. The summed E-state index contributed by atoms with van der Waals surface area (Å²) in [7, 11) is 4.67. The largest absolute Gasteiger partial charge is 0.495 e. The molecule has 0 radical (unpaired) electrons. The third-order valence-corrected chi connectivity index (χ3v) is 7.49. The van der Waals surface area contributed by atoms with Gasteiger partial charge in [0.05, 0.1) is 42.1 Å². The van der Waals surface area contributed by atoms with E-state index in [-0.39, 0.29) is 27.3 Å². The molecule has 2 heterocycles. The normalized spacial score (nSPS) is 13.7. The van der Waals surface area contributed by atoms with Crippen molar-refractivity contribution in [3.63, 3.8) is 0 Å². The molecule has 0 saturated carbocycles. The first-order valence-corrected chi connectivity index (χ1v) is 13.4. The van der Waals surface area contributed by atoms with Crippen LogP contribution in [0.5, 0.6) is 11.5 Å². The Bertz CT molecular complexity index is 1350. The molecule has 1 aliphatic rings. The van der Waals surface area contributed by atoms with Crippen molar-refractivity contribution in [1.82, 2.24) is 15.2 Å². The smallest absolute Gasteiger partial charge is 0.256 e. The van der Waals surface area contributed by atoms with Gasteiger partial charge in [0.15, 0.2) is 0 Å². The number of hydrogen-bond donors (Lipinski definition) is 3. The maximum atomic E-state index is 12.9. The van der Waals surface area contributed by atoms with Crippen LogP contribution in [0.4, 0.5) is 11.5 Å². The number of nitrogens with two attached hydrogens (primary N) is 1. The number of pyridine rings is 1. The highest BCUT2D eigenvalue weighted by Gasteiger charge is 2.22. The van der Waals surface area contributed by atoms with Crippen molar-refractivity contribution < 1.29 is 19.0 Å². The number of carbonyl (C=O) groups is 1. The minimum atomic E-state index is -0.423. The molecule has 0 spiro atoms. The second-order valence-electron chi connectivity index (χ2n) is 9.11. The molecule has 1 fully saturated rings. The van der Waals surface area contributed by atoms with Crippen molar-refractivity contribution in [3.8, 4) is 22.8 Å². The predicted molar refractivity (Wildman–Crippen MR) is 158 cm³/mol. The number of amidine groups is 1. The summed E-state index contributed by atoms with van der Waals surface area (Å²) in [5.41, 5.74) is 8.66. The summed E-state index contributed by atoms with van der Waals surface area (Å²) in [6, 6.07) is 12.1. The van der Waals surface area contributed by atoms with Gasteiger partial charge >= 0.3 is 0 Å². The highest BCUT2D eigenvalue weighted by Crippen LogP contribution is 2.45. The fourth-order valence-electron chi connectivity index (χ4n) is 4.46. The van der Waals surface area contributed by atoms with Gasteiger partial charge in [-0.25, -0.2) is 4.98 Å². The van der Waals surface area contributed by atoms with Gasteiger partial charge in [-0.05, 0) is 36.4 Å². The molecule has 3 aromatic rings. The molecular formula is C28H32Cl2N6O4. The fraction of sp³-hybridized carbons (Fsp3) is 0.321. The molecule has 0 atom stereocenters. The van der Waals surface area contributed by atoms with E-state index in [2.05, 4.69) is 20.1 Å². The summed E-state index contributed by atoms with van der Waals surface area (Å²) in [5.74, 6) is 0.137. The molecule has 212 valence electrons. The number of halogens is 2. The molecule has 1 aromatic heterocycles. The van der Waals surface area contributed by atoms with E-state index in [0.29, 0.717) is 28.3 Å². The van der Waals surface area contributed by atoms with Gasteiger partial charge in [-0.3, -0.25) is 15.1 Å². The van der Waals surface area contributed by atoms with Gasteiger partial charge in [0.25, 0.3) is 5.91 Å². The minimum absolute atomic E-state index is 0.0247. The van der Waals surface area contributed by atoms with Crippen LogP contribution in [0.3, 0.4) is 0 Å². The van der Waals surface area contributed by atoms with Crippen LogP contribution in [0.2, 0.25) is 10.0 Å². The maximum Gasteiger partial charge on any atom is 0.256 e. The standard InChI is InChI=1S/C28H32Cl2N6O4/c1-38-15-14-35-10-12-36(13-11-35)18-6-4-17(5-7-18)28(37)34-27(32)19-8-9-20(33-26(19)31)23-24(29)21(39-2)16-22(40-3)25(23)30/h4-9,16H,10-15H2,1-3H3,(H2,31,33)(H2,32,34,37). The average molecular weight is 588 g/mol. The monoisotopic (exact) mass is 586 g/mol. The number of nitrogens with zero attached hydrogens (tertiary/aromatic N) is 3. The number of hydrogen-bond acceptors (Lipinski definition) is 9. The Labute approximate surface area is 243 Å². The van der Waals surface area contributed by atoms with Gasteiger partial charge in [-0.15, -0.1) is 0 Å². The molecule has 10 nitrogen and oxygen atoms in total. The Hall–Kier alpha value is -3.57. The van der Waals surface area contributed by atoms with Crippen molar-refractivity contribution >= 4 is 46.4 Å². The third-order valence-electron chi connectivity index (χ3n) is 6.74. The van der Waals surface area contributed by atoms with Crippen molar-refractivity contribution in [1.29, 1.82) is 5.41 Å². The second kappa shape index (κ2) is 13.2. The first-order chi connectivity index (χ1) is 19.3. The van der Waals surface area contributed by atoms with Gasteiger partial charge < -0.3 is 30.2 Å². The molecule has 40 heavy (non-hydrogen) atoms. The molecule has 0 unspecified atom stereocenters.